The van der Waals surface area contributed by atoms with Crippen molar-refractivity contribution < 1.29 is 145 Å². The van der Waals surface area contributed by atoms with Crippen LogP contribution in [0.3, 0.4) is 0 Å². The molecule has 9 heterocycles. The van der Waals surface area contributed by atoms with Crippen LogP contribution in [0, 0.1) is 28.6 Å². The number of anilines is 1. The number of hydrogen-bond acceptors (Lipinski definition) is 37. The molecule has 0 amide bonds. The number of nitrogens with one attached hydrogen (secondary N) is 4. The molecule has 0 bridgehead atoms. The molecule has 3 aromatic rings. The second-order valence-corrected chi connectivity index (χ2v) is 42.8. The standard InChI is InChI=1S/C21H33FN5O7P.2C19H31F2N4O6P.C18H30FN4O7P.CH4/c1-11(2)33-20(29)12(3)26-35(7,30)32-9-21(5)14(8-28)34-19(16(21)22)27-10-23-15-17(27)24-13(4)25-18(15)31-6;1-10(2)30-18(27)11(3)24-32(6,28)29-9-19(5)14(8-26)31-17(15(19)21)25-7-13(20)16(22)23-12(25)4;1-11(2)30-16(27)12(3)24-32(6,28)29-10-18(5)14(9-26)31-17(19(18,20)21)25-8-7-15(22)23-13(25)4;1-10(2)29-16(25)11(3)22-31(5,27)28-9-18(4)12(8-24)30-15(14(18)19)23-7-6-13(20)21-17(23)26;/h10-12,14,16,19,28H,8-9H2,1-7H3,(H,26,30);7,10-11,14-15,17,26H,4,8-9H2,1-3,5-6H3,(H2,22,23)(H,24,28);7-8,11-12,14,17,26H,4,9-10H2,1-3,5-6H3,(H2,22,23)(H,24,28);6-7,10-12,14-15,24H,8-9H2,1-5H3,(H,22,27)(H2,20,21,26);1H4/t12-,14+,16-,19+,21?,35?;11-,14+,15-,17-,19?,32?;12-,14+,17-,18?,32?;11-,12+,14-,15-,18?,31?;/m0000./s1. The number of aliphatic hydroxyl groups is 4. The number of nitrogens with two attached hydrogens (primary N) is 3. The second-order valence-electron chi connectivity index (χ2n) is 34.0. The van der Waals surface area contributed by atoms with Gasteiger partial charge in [0.15, 0.2) is 60.0 Å². The molecule has 0 saturated carbocycles. The first-order valence-electron chi connectivity index (χ1n) is 40.9. The van der Waals surface area contributed by atoms with Crippen LogP contribution in [0.25, 0.3) is 11.2 Å². The van der Waals surface area contributed by atoms with Crippen molar-refractivity contribution in [1.82, 2.24) is 59.2 Å². The number of alkyl halides is 5. The minimum absolute atomic E-state index is 0. The van der Waals surface area contributed by atoms with Crippen molar-refractivity contribution >= 4 is 82.6 Å². The number of nitrogen functional groups attached to an aromatic ring is 1. The molecular formula is C78H129F6N17O26P4. The van der Waals surface area contributed by atoms with Gasteiger partial charge >= 0.3 is 35.5 Å². The Morgan fingerprint density at radius 1 is 0.557 bits per heavy atom. The molecule has 0 spiro atoms. The van der Waals surface area contributed by atoms with Gasteiger partial charge in [0.1, 0.15) is 53.3 Å². The summed E-state index contributed by atoms with van der Waals surface area (Å²) in [5.74, 6) is -6.72. The van der Waals surface area contributed by atoms with Crippen LogP contribution in [-0.2, 0) is 93.4 Å². The maximum atomic E-state index is 15.9. The quantitative estimate of drug-likeness (QED) is 0.0118. The Labute approximate surface area is 756 Å². The van der Waals surface area contributed by atoms with Crippen molar-refractivity contribution in [2.75, 3.05) is 92.4 Å². The Hall–Kier alpha value is -7.73. The highest BCUT2D eigenvalue weighted by atomic mass is 31.2. The highest BCUT2D eigenvalue weighted by Gasteiger charge is 2.69. The number of aliphatic imine (C=N–C) groups is 2. The molecule has 0 aromatic carbocycles. The number of aliphatic hydroxyl groups excluding tert-OH is 4. The Balaban J connectivity index is 0.000000309. The number of halogens is 6. The SMILES string of the molecule is C.C=C1N=C(N)C(F)=CN1[C@H]1O[C@H](CO)C(C)(COP(C)(=O)N[C@@H](C)C(=O)OC(C)C)[C@H]1F.C=C1N=C(N)C=CN1[C@H]1O[C@H](CO)C(C)(COP(C)(=O)N[C@@H](C)C(=O)OC(C)C)C1(F)F.CC(C)OC(=O)[C@H](C)NP(C)(=O)OCC1(C)[C@@H](CO)O[C@H](n2ccc(N)nc2=O)[C@@H]1F.COc1nc(C)nc2c1ncn2[C@@H]1O[C@H](CO)C(C)(COP(C)(=O)N[C@@H](C)C(=O)OC(C)C)[C@H]1F. The maximum absolute atomic E-state index is 15.9. The summed E-state index contributed by atoms with van der Waals surface area (Å²) in [5.41, 5.74) is 9.90. The summed E-state index contributed by atoms with van der Waals surface area (Å²) < 4.78 is 216. The van der Waals surface area contributed by atoms with Crippen LogP contribution in [0.15, 0.2) is 82.5 Å². The Morgan fingerprint density at radius 2 is 0.924 bits per heavy atom. The van der Waals surface area contributed by atoms with E-state index in [9.17, 15) is 67.0 Å². The summed E-state index contributed by atoms with van der Waals surface area (Å²) in [4.78, 5) is 85.9. The molecule has 23 atom stereocenters. The number of ether oxygens (including phenoxy) is 9. The topological polar surface area (TPSA) is 573 Å². The molecule has 0 aliphatic carbocycles. The third kappa shape index (κ3) is 28.2. The van der Waals surface area contributed by atoms with Gasteiger partial charge in [-0.05, 0) is 109 Å². The van der Waals surface area contributed by atoms with Gasteiger partial charge < -0.3 is 108 Å². The largest absolute Gasteiger partial charge is 0.479 e. The van der Waals surface area contributed by atoms with E-state index >= 15 is 22.0 Å². The van der Waals surface area contributed by atoms with Gasteiger partial charge in [-0.15, -0.1) is 0 Å². The number of aromatic nitrogens is 6. The van der Waals surface area contributed by atoms with E-state index in [2.05, 4.69) is 63.4 Å². The molecule has 4 saturated heterocycles. The fourth-order valence-electron chi connectivity index (χ4n) is 13.7. The lowest BCUT2D eigenvalue weighted by molar-refractivity contribution is -0.159. The fourth-order valence-corrected chi connectivity index (χ4v) is 19.3. The molecule has 6 aliphatic heterocycles. The lowest BCUT2D eigenvalue weighted by Gasteiger charge is -2.37. The van der Waals surface area contributed by atoms with Gasteiger partial charge in [0, 0.05) is 45.3 Å². The number of esters is 4. The van der Waals surface area contributed by atoms with Crippen molar-refractivity contribution in [3.05, 3.63) is 84.0 Å². The number of aryl methyl sites for hydroxylation is 1. The Bertz CT molecular complexity index is 4890. The smallest absolute Gasteiger partial charge is 0.351 e. The summed E-state index contributed by atoms with van der Waals surface area (Å²) >= 11 is 0. The first-order chi connectivity index (χ1) is 60.0. The van der Waals surface area contributed by atoms with Crippen molar-refractivity contribution in [3.8, 4) is 5.88 Å². The number of rotatable bonds is 37. The van der Waals surface area contributed by atoms with Gasteiger partial charge in [0.25, 0.3) is 30.1 Å². The van der Waals surface area contributed by atoms with E-state index in [0.29, 0.717) is 17.0 Å². The molecule has 43 nitrogen and oxygen atoms in total. The van der Waals surface area contributed by atoms with Crippen LogP contribution in [0.5, 0.6) is 5.88 Å². The second kappa shape index (κ2) is 46.2. The third-order valence-corrected chi connectivity index (χ3v) is 27.0. The molecule has 9 rings (SSSR count). The van der Waals surface area contributed by atoms with Gasteiger partial charge in [-0.25, -0.2) is 71.4 Å². The summed E-state index contributed by atoms with van der Waals surface area (Å²) in [6.07, 6.45) is -10.9. The molecule has 14 N–H and O–H groups in total. The predicted molar refractivity (Wildman–Crippen MR) is 469 cm³/mol. The van der Waals surface area contributed by atoms with E-state index in [1.54, 1.807) is 62.3 Å². The van der Waals surface area contributed by atoms with Gasteiger partial charge in [-0.3, -0.25) is 46.6 Å². The predicted octanol–water partition coefficient (Wildman–Crippen LogP) is 7.16. The van der Waals surface area contributed by atoms with Crippen LogP contribution in [0.2, 0.25) is 0 Å². The number of fused-ring (bicyclic) bond motifs is 1. The third-order valence-electron chi connectivity index (χ3n) is 21.1. The maximum Gasteiger partial charge on any atom is 0.351 e. The number of methoxy groups -OCH3 is 1. The first kappa shape index (κ1) is 114. The van der Waals surface area contributed by atoms with Crippen molar-refractivity contribution in [2.45, 2.75) is 247 Å². The molecule has 131 heavy (non-hydrogen) atoms. The zero-order valence-corrected chi connectivity index (χ0v) is 80.1. The monoisotopic (exact) mass is 1960 g/mol. The number of carbonyl (C=O) groups is 4. The lowest BCUT2D eigenvalue weighted by atomic mass is 9.80. The summed E-state index contributed by atoms with van der Waals surface area (Å²) in [7, 11) is -13.0. The van der Waals surface area contributed by atoms with Crippen LogP contribution in [-0.4, -0.2) is 291 Å². The molecule has 0 radical (unpaired) electrons. The van der Waals surface area contributed by atoms with Gasteiger partial charge in [0.2, 0.25) is 12.1 Å². The van der Waals surface area contributed by atoms with Gasteiger partial charge in [-0.1, -0.05) is 41.4 Å². The molecule has 53 heteroatoms. The van der Waals surface area contributed by atoms with Crippen LogP contribution in [0.4, 0.5) is 32.2 Å². The minimum atomic E-state index is -3.71. The van der Waals surface area contributed by atoms with E-state index in [1.165, 1.54) is 125 Å². The van der Waals surface area contributed by atoms with Crippen LogP contribution in [0.1, 0.15) is 136 Å². The molecule has 6 aliphatic rings. The highest BCUT2D eigenvalue weighted by Crippen LogP contribution is 2.57. The number of hydrogen-bond donors (Lipinski definition) is 11. The highest BCUT2D eigenvalue weighted by molar-refractivity contribution is 7.57. The molecule has 8 unspecified atom stereocenters. The number of nitrogens with zero attached hydrogens (tertiary/aromatic N) is 10. The number of imidazole rings is 1. The number of amidine groups is 2. The summed E-state index contributed by atoms with van der Waals surface area (Å²) in [5, 5.41) is 49.4. The van der Waals surface area contributed by atoms with E-state index in [1.807, 2.05) is 0 Å². The van der Waals surface area contributed by atoms with Crippen LogP contribution < -0.4 is 48.0 Å². The van der Waals surface area contributed by atoms with Crippen molar-refractivity contribution in [2.24, 2.45) is 43.1 Å². The lowest BCUT2D eigenvalue weighted by Crippen LogP contribution is -2.52. The molecular weight excluding hydrogens is 1830 g/mol. The zero-order valence-electron chi connectivity index (χ0n) is 76.5. The summed E-state index contributed by atoms with van der Waals surface area (Å²) in [6.45, 7) is 34.4. The summed E-state index contributed by atoms with van der Waals surface area (Å²) in [6, 6.07) is -2.43. The Kier molecular flexibility index (Phi) is 40.1. The zero-order chi connectivity index (χ0) is 98.6. The van der Waals surface area contributed by atoms with E-state index in [4.69, 9.17) is 77.9 Å². The van der Waals surface area contributed by atoms with E-state index < -0.39 is 237 Å². The van der Waals surface area contributed by atoms with Crippen molar-refractivity contribution in [1.29, 1.82) is 0 Å². The number of carbonyl (C=O) groups excluding carboxylic acids is 4. The normalized spacial score (nSPS) is 29.1. The average Bonchev–Trinajstić information content (AvgIpc) is 1.57. The van der Waals surface area contributed by atoms with E-state index in [-0.39, 0.29) is 67.6 Å². The fraction of sp³-hybridized carbons (Fsp3) is 0.705. The van der Waals surface area contributed by atoms with E-state index in [0.717, 1.165) is 20.6 Å². The first-order valence-corrected chi connectivity index (χ1v) is 49.2. The van der Waals surface area contributed by atoms with Gasteiger partial charge in [0.05, 0.1) is 137 Å². The van der Waals surface area contributed by atoms with Crippen LogP contribution >= 0.6 is 30.1 Å². The van der Waals surface area contributed by atoms with Gasteiger partial charge in [-0.2, -0.15) is 9.97 Å². The van der Waals surface area contributed by atoms with Crippen molar-refractivity contribution in [3.63, 3.8) is 0 Å². The molecule has 3 aromatic heterocycles. The minimum Gasteiger partial charge on any atom is -0.479 e. The Morgan fingerprint density at radius 3 is 1.29 bits per heavy atom. The average molecular weight is 1960 g/mol. The molecule has 4 fully saturated rings. The molecule has 744 valence electrons.